The van der Waals surface area contributed by atoms with Gasteiger partial charge in [0.25, 0.3) is 0 Å². The molecular formula is C12H13NO. The molecule has 0 radical (unpaired) electrons. The lowest BCUT2D eigenvalue weighted by atomic mass is 9.94. The molecular weight excluding hydrogens is 174 g/mol. The maximum atomic E-state index is 11.1. The van der Waals surface area contributed by atoms with Crippen molar-refractivity contribution in [2.75, 3.05) is 0 Å². The molecule has 1 amide bonds. The van der Waals surface area contributed by atoms with Crippen molar-refractivity contribution in [2.24, 2.45) is 5.92 Å². The molecule has 2 heteroatoms. The van der Waals surface area contributed by atoms with E-state index in [0.717, 1.165) is 6.42 Å². The fourth-order valence-electron chi connectivity index (χ4n) is 1.70. The molecule has 0 saturated carbocycles. The van der Waals surface area contributed by atoms with Crippen LogP contribution in [0.4, 0.5) is 0 Å². The van der Waals surface area contributed by atoms with Gasteiger partial charge in [0.2, 0.25) is 5.91 Å². The highest BCUT2D eigenvalue weighted by Gasteiger charge is 2.14. The second-order valence-electron chi connectivity index (χ2n) is 3.58. The third-order valence-corrected chi connectivity index (χ3v) is 2.40. The molecule has 2 nitrogen and oxygen atoms in total. The highest BCUT2D eigenvalue weighted by atomic mass is 16.1. The van der Waals surface area contributed by atoms with E-state index in [4.69, 9.17) is 0 Å². The van der Waals surface area contributed by atoms with Crippen LogP contribution in [0.15, 0.2) is 42.6 Å². The second kappa shape index (κ2) is 4.09. The Labute approximate surface area is 83.6 Å². The first-order chi connectivity index (χ1) is 6.84. The predicted molar refractivity (Wildman–Crippen MR) is 55.5 cm³/mol. The second-order valence-corrected chi connectivity index (χ2v) is 3.58. The number of benzene rings is 1. The molecule has 72 valence electrons. The van der Waals surface area contributed by atoms with Crippen molar-refractivity contribution in [1.29, 1.82) is 0 Å². The summed E-state index contributed by atoms with van der Waals surface area (Å²) in [6.07, 6.45) is 5.37. The molecule has 1 aromatic rings. The van der Waals surface area contributed by atoms with Gasteiger partial charge >= 0.3 is 0 Å². The first kappa shape index (κ1) is 9.00. The van der Waals surface area contributed by atoms with Crippen molar-refractivity contribution in [1.82, 2.24) is 5.32 Å². The Balaban J connectivity index is 2.01. The number of amides is 1. The van der Waals surface area contributed by atoms with Crippen LogP contribution in [0.5, 0.6) is 0 Å². The fraction of sp³-hybridized carbons (Fsp3) is 0.250. The smallest absolute Gasteiger partial charge is 0.224 e. The van der Waals surface area contributed by atoms with E-state index in [1.54, 1.807) is 6.20 Å². The van der Waals surface area contributed by atoms with E-state index < -0.39 is 0 Å². The predicted octanol–water partition coefficient (Wildman–Crippen LogP) is 1.88. The molecule has 1 N–H and O–H groups in total. The van der Waals surface area contributed by atoms with Crippen LogP contribution in [-0.2, 0) is 11.2 Å². The number of hydrogen-bond donors (Lipinski definition) is 1. The third kappa shape index (κ3) is 2.22. The highest BCUT2D eigenvalue weighted by molar-refractivity contribution is 5.78. The minimum Gasteiger partial charge on any atom is -0.333 e. The lowest BCUT2D eigenvalue weighted by Gasteiger charge is -2.15. The Hall–Kier alpha value is -1.57. The topological polar surface area (TPSA) is 29.1 Å². The van der Waals surface area contributed by atoms with Crippen LogP contribution < -0.4 is 5.32 Å². The third-order valence-electron chi connectivity index (χ3n) is 2.40. The monoisotopic (exact) mass is 187 g/mol. The summed E-state index contributed by atoms with van der Waals surface area (Å²) in [5.74, 6) is 0.472. The Morgan fingerprint density at radius 1 is 1.29 bits per heavy atom. The van der Waals surface area contributed by atoms with Crippen LogP contribution in [0.1, 0.15) is 12.0 Å². The summed E-state index contributed by atoms with van der Waals surface area (Å²) in [7, 11) is 0. The van der Waals surface area contributed by atoms with Crippen LogP contribution >= 0.6 is 0 Å². The van der Waals surface area contributed by atoms with E-state index in [0.29, 0.717) is 12.3 Å². The lowest BCUT2D eigenvalue weighted by molar-refractivity contribution is -0.121. The Morgan fingerprint density at radius 3 is 2.79 bits per heavy atom. The lowest BCUT2D eigenvalue weighted by Crippen LogP contribution is -2.25. The minimum absolute atomic E-state index is 0.119. The quantitative estimate of drug-likeness (QED) is 0.752. The van der Waals surface area contributed by atoms with E-state index >= 15 is 0 Å². The van der Waals surface area contributed by atoms with E-state index in [1.807, 2.05) is 18.2 Å². The van der Waals surface area contributed by atoms with Gasteiger partial charge in [-0.15, -0.1) is 0 Å². The molecule has 2 rings (SSSR count). The van der Waals surface area contributed by atoms with Gasteiger partial charge in [0.15, 0.2) is 0 Å². The van der Waals surface area contributed by atoms with Crippen LogP contribution in [0.3, 0.4) is 0 Å². The van der Waals surface area contributed by atoms with Gasteiger partial charge in [-0.1, -0.05) is 36.4 Å². The van der Waals surface area contributed by atoms with Gasteiger partial charge in [0, 0.05) is 12.6 Å². The maximum Gasteiger partial charge on any atom is 0.224 e. The van der Waals surface area contributed by atoms with Gasteiger partial charge < -0.3 is 5.32 Å². The molecule has 0 fully saturated rings. The van der Waals surface area contributed by atoms with Crippen molar-refractivity contribution >= 4 is 5.91 Å². The number of rotatable bonds is 2. The minimum atomic E-state index is 0.119. The molecule has 0 aliphatic carbocycles. The van der Waals surface area contributed by atoms with Crippen LogP contribution in [0, 0.1) is 5.92 Å². The summed E-state index contributed by atoms with van der Waals surface area (Å²) in [4.78, 5) is 11.1. The zero-order valence-electron chi connectivity index (χ0n) is 7.94. The van der Waals surface area contributed by atoms with E-state index in [9.17, 15) is 4.79 Å². The van der Waals surface area contributed by atoms with Crippen LogP contribution in [0.2, 0.25) is 0 Å². The average molecular weight is 187 g/mol. The zero-order chi connectivity index (χ0) is 9.80. The highest BCUT2D eigenvalue weighted by Crippen LogP contribution is 2.15. The fourth-order valence-corrected chi connectivity index (χ4v) is 1.70. The maximum absolute atomic E-state index is 11.1. The molecule has 0 bridgehead atoms. The molecule has 1 aliphatic heterocycles. The normalized spacial score (nSPS) is 20.6. The van der Waals surface area contributed by atoms with Gasteiger partial charge in [0.05, 0.1) is 0 Å². The molecule has 0 spiro atoms. The van der Waals surface area contributed by atoms with Gasteiger partial charge in [-0.2, -0.15) is 0 Å². The first-order valence-corrected chi connectivity index (χ1v) is 4.84. The molecule has 0 aromatic heterocycles. The largest absolute Gasteiger partial charge is 0.333 e. The SMILES string of the molecule is O=C1CC(Cc2ccccc2)C=CN1. The van der Waals surface area contributed by atoms with Gasteiger partial charge in [-0.25, -0.2) is 0 Å². The number of carbonyl (C=O) groups excluding carboxylic acids is 1. The molecule has 1 aromatic carbocycles. The van der Waals surface area contributed by atoms with Crippen LogP contribution in [-0.4, -0.2) is 5.91 Å². The van der Waals surface area contributed by atoms with E-state index in [-0.39, 0.29) is 5.91 Å². The standard InChI is InChI=1S/C12H13NO/c14-12-9-11(6-7-13-12)8-10-4-2-1-3-5-10/h1-7,11H,8-9H2,(H,13,14). The molecule has 1 atom stereocenters. The Morgan fingerprint density at radius 2 is 2.07 bits per heavy atom. The van der Waals surface area contributed by atoms with Crippen LogP contribution in [0.25, 0.3) is 0 Å². The number of carbonyl (C=O) groups is 1. The summed E-state index contributed by atoms with van der Waals surface area (Å²) in [6.45, 7) is 0. The van der Waals surface area contributed by atoms with Crippen molar-refractivity contribution in [3.8, 4) is 0 Å². The summed E-state index contributed by atoms with van der Waals surface area (Å²) < 4.78 is 0. The number of nitrogens with one attached hydrogen (secondary N) is 1. The van der Waals surface area contributed by atoms with Gasteiger partial charge in [0.1, 0.15) is 0 Å². The summed E-state index contributed by atoms with van der Waals surface area (Å²) >= 11 is 0. The zero-order valence-corrected chi connectivity index (χ0v) is 7.94. The Bertz CT molecular complexity index is 343. The molecule has 0 saturated heterocycles. The van der Waals surface area contributed by atoms with Crippen molar-refractivity contribution in [3.05, 3.63) is 48.2 Å². The Kier molecular flexibility index (Phi) is 2.63. The van der Waals surface area contributed by atoms with E-state index in [1.165, 1.54) is 5.56 Å². The molecule has 14 heavy (non-hydrogen) atoms. The first-order valence-electron chi connectivity index (χ1n) is 4.84. The number of hydrogen-bond acceptors (Lipinski definition) is 1. The number of allylic oxidation sites excluding steroid dienone is 1. The van der Waals surface area contributed by atoms with Gasteiger partial charge in [-0.05, 0) is 17.9 Å². The summed E-state index contributed by atoms with van der Waals surface area (Å²) in [5.41, 5.74) is 1.29. The van der Waals surface area contributed by atoms with Crippen molar-refractivity contribution < 1.29 is 4.79 Å². The molecule has 1 heterocycles. The molecule has 1 aliphatic rings. The van der Waals surface area contributed by atoms with E-state index in [2.05, 4.69) is 23.5 Å². The average Bonchev–Trinajstić information content (AvgIpc) is 2.19. The summed E-state index contributed by atoms with van der Waals surface area (Å²) in [5, 5.41) is 2.68. The summed E-state index contributed by atoms with van der Waals surface area (Å²) in [6, 6.07) is 10.3. The van der Waals surface area contributed by atoms with Crippen molar-refractivity contribution in [2.45, 2.75) is 12.8 Å². The van der Waals surface area contributed by atoms with Crippen molar-refractivity contribution in [3.63, 3.8) is 0 Å². The van der Waals surface area contributed by atoms with Gasteiger partial charge in [-0.3, -0.25) is 4.79 Å². The molecule has 1 unspecified atom stereocenters.